The lowest BCUT2D eigenvalue weighted by Gasteiger charge is -2.30. The standard InChI is InChI=1S/C15H21ClN2O3S/c1-18(12-7-3-2-4-8-12)22(20,21)14-10-6-5-9-13(14)17-15(19)11-16/h5-6,9-10,12H,2-4,7-8,11H2,1H3,(H,17,19). The summed E-state index contributed by atoms with van der Waals surface area (Å²) in [5.74, 6) is -0.642. The van der Waals surface area contributed by atoms with Crippen LogP contribution >= 0.6 is 11.6 Å². The molecule has 0 heterocycles. The molecule has 1 amide bonds. The molecular formula is C15H21ClN2O3S. The molecule has 1 saturated carbocycles. The maximum Gasteiger partial charge on any atom is 0.245 e. The first-order valence-corrected chi connectivity index (χ1v) is 9.37. The number of nitrogens with one attached hydrogen (secondary N) is 1. The van der Waals surface area contributed by atoms with Gasteiger partial charge < -0.3 is 5.32 Å². The van der Waals surface area contributed by atoms with E-state index in [4.69, 9.17) is 11.6 Å². The number of nitrogens with zero attached hydrogens (tertiary/aromatic N) is 1. The molecule has 1 N–H and O–H groups in total. The summed E-state index contributed by atoms with van der Waals surface area (Å²) in [6.45, 7) is 0. The van der Waals surface area contributed by atoms with Gasteiger partial charge in [0, 0.05) is 13.1 Å². The van der Waals surface area contributed by atoms with Gasteiger partial charge in [-0.1, -0.05) is 31.4 Å². The molecule has 22 heavy (non-hydrogen) atoms. The Bertz CT molecular complexity index is 627. The van der Waals surface area contributed by atoms with Crippen LogP contribution in [-0.2, 0) is 14.8 Å². The van der Waals surface area contributed by atoms with Crippen molar-refractivity contribution in [2.24, 2.45) is 0 Å². The monoisotopic (exact) mass is 344 g/mol. The maximum absolute atomic E-state index is 12.9. The smallest absolute Gasteiger partial charge is 0.245 e. The molecule has 0 aromatic heterocycles. The Labute approximate surface area is 136 Å². The van der Waals surface area contributed by atoms with Gasteiger partial charge in [-0.25, -0.2) is 8.42 Å². The fraction of sp³-hybridized carbons (Fsp3) is 0.533. The molecule has 0 atom stereocenters. The summed E-state index contributed by atoms with van der Waals surface area (Å²) in [5.41, 5.74) is 0.274. The lowest BCUT2D eigenvalue weighted by molar-refractivity contribution is -0.113. The first-order chi connectivity index (χ1) is 10.5. The third-order valence-electron chi connectivity index (χ3n) is 4.03. The molecule has 7 heteroatoms. The van der Waals surface area contributed by atoms with Crippen molar-refractivity contribution in [2.45, 2.75) is 43.0 Å². The Morgan fingerprint density at radius 2 is 1.91 bits per heavy atom. The van der Waals surface area contributed by atoms with Crippen molar-refractivity contribution in [1.29, 1.82) is 0 Å². The zero-order valence-corrected chi connectivity index (χ0v) is 14.2. The Kier molecular flexibility index (Phi) is 5.83. The van der Waals surface area contributed by atoms with Crippen LogP contribution in [0, 0.1) is 0 Å². The van der Waals surface area contributed by atoms with Crippen molar-refractivity contribution >= 4 is 33.2 Å². The van der Waals surface area contributed by atoms with Crippen LogP contribution in [0.4, 0.5) is 5.69 Å². The third kappa shape index (κ3) is 3.80. The van der Waals surface area contributed by atoms with Crippen LogP contribution < -0.4 is 5.32 Å². The van der Waals surface area contributed by atoms with E-state index in [-0.39, 0.29) is 22.5 Å². The number of alkyl halides is 1. The SMILES string of the molecule is CN(C1CCCCC1)S(=O)(=O)c1ccccc1NC(=O)CCl. The molecule has 5 nitrogen and oxygen atoms in total. The Balaban J connectivity index is 2.30. The highest BCUT2D eigenvalue weighted by Crippen LogP contribution is 2.29. The van der Waals surface area contributed by atoms with Crippen molar-refractivity contribution in [1.82, 2.24) is 4.31 Å². The minimum Gasteiger partial charge on any atom is -0.324 e. The first kappa shape index (κ1) is 17.2. The van der Waals surface area contributed by atoms with E-state index in [1.165, 1.54) is 10.4 Å². The summed E-state index contributed by atoms with van der Waals surface area (Å²) in [5, 5.41) is 2.55. The minimum atomic E-state index is -3.65. The predicted octanol–water partition coefficient (Wildman–Crippen LogP) is 2.82. The largest absolute Gasteiger partial charge is 0.324 e. The van der Waals surface area contributed by atoms with Gasteiger partial charge in [0.05, 0.1) is 5.69 Å². The number of amides is 1. The average molecular weight is 345 g/mol. The van der Waals surface area contributed by atoms with Gasteiger partial charge >= 0.3 is 0 Å². The molecule has 0 bridgehead atoms. The van der Waals surface area contributed by atoms with Gasteiger partial charge in [0.2, 0.25) is 15.9 Å². The number of para-hydroxylation sites is 1. The number of hydrogen-bond donors (Lipinski definition) is 1. The summed E-state index contributed by atoms with van der Waals surface area (Å²) in [4.78, 5) is 11.6. The Hall–Kier alpha value is -1.11. The zero-order chi connectivity index (χ0) is 16.2. The number of benzene rings is 1. The van der Waals surface area contributed by atoms with E-state index < -0.39 is 15.9 Å². The van der Waals surface area contributed by atoms with Crippen molar-refractivity contribution in [2.75, 3.05) is 18.2 Å². The highest BCUT2D eigenvalue weighted by molar-refractivity contribution is 7.89. The highest BCUT2D eigenvalue weighted by atomic mass is 35.5. The summed E-state index contributed by atoms with van der Waals surface area (Å²) >= 11 is 5.48. The maximum atomic E-state index is 12.9. The summed E-state index contributed by atoms with van der Waals surface area (Å²) < 4.78 is 27.2. The number of anilines is 1. The number of halogens is 1. The average Bonchev–Trinajstić information content (AvgIpc) is 2.55. The lowest BCUT2D eigenvalue weighted by atomic mass is 9.96. The fourth-order valence-corrected chi connectivity index (χ4v) is 4.40. The van der Waals surface area contributed by atoms with Crippen LogP contribution in [-0.4, -0.2) is 37.6 Å². The molecule has 0 radical (unpaired) electrons. The van der Waals surface area contributed by atoms with Gasteiger partial charge in [-0.15, -0.1) is 11.6 Å². The van der Waals surface area contributed by atoms with Crippen LogP contribution in [0.3, 0.4) is 0 Å². The third-order valence-corrected chi connectivity index (χ3v) is 6.24. The number of rotatable bonds is 5. The normalized spacial score (nSPS) is 16.7. The second-order valence-corrected chi connectivity index (χ2v) is 7.72. The Morgan fingerprint density at radius 1 is 1.27 bits per heavy atom. The topological polar surface area (TPSA) is 66.5 Å². The van der Waals surface area contributed by atoms with Crippen LogP contribution in [0.1, 0.15) is 32.1 Å². The van der Waals surface area contributed by atoms with Gasteiger partial charge in [-0.3, -0.25) is 4.79 Å². The number of carbonyl (C=O) groups excluding carboxylic acids is 1. The first-order valence-electron chi connectivity index (χ1n) is 7.39. The molecule has 1 aliphatic rings. The van der Waals surface area contributed by atoms with Gasteiger partial charge in [-0.05, 0) is 25.0 Å². The van der Waals surface area contributed by atoms with E-state index >= 15 is 0 Å². The van der Waals surface area contributed by atoms with Gasteiger partial charge in [0.15, 0.2) is 0 Å². The van der Waals surface area contributed by atoms with Gasteiger partial charge in [0.1, 0.15) is 10.8 Å². The Morgan fingerprint density at radius 3 is 2.55 bits per heavy atom. The van der Waals surface area contributed by atoms with E-state index in [1.54, 1.807) is 25.2 Å². The molecule has 1 fully saturated rings. The second-order valence-electron chi connectivity index (χ2n) is 5.49. The van der Waals surface area contributed by atoms with Crippen molar-refractivity contribution in [3.8, 4) is 0 Å². The van der Waals surface area contributed by atoms with E-state index in [9.17, 15) is 13.2 Å². The molecule has 0 saturated heterocycles. The fourth-order valence-electron chi connectivity index (χ4n) is 2.77. The minimum absolute atomic E-state index is 0.0236. The zero-order valence-electron chi connectivity index (χ0n) is 12.6. The van der Waals surface area contributed by atoms with E-state index in [0.717, 1.165) is 32.1 Å². The quantitative estimate of drug-likeness (QED) is 0.835. The summed E-state index contributed by atoms with van der Waals surface area (Å²) in [7, 11) is -2.03. The molecular weight excluding hydrogens is 324 g/mol. The van der Waals surface area contributed by atoms with Gasteiger partial charge in [-0.2, -0.15) is 4.31 Å². The molecule has 1 aromatic rings. The van der Waals surface area contributed by atoms with Crippen LogP contribution in [0.15, 0.2) is 29.2 Å². The van der Waals surface area contributed by atoms with Crippen LogP contribution in [0.25, 0.3) is 0 Å². The molecule has 1 aliphatic carbocycles. The van der Waals surface area contributed by atoms with E-state index in [0.29, 0.717) is 0 Å². The van der Waals surface area contributed by atoms with Gasteiger partial charge in [0.25, 0.3) is 0 Å². The van der Waals surface area contributed by atoms with Crippen LogP contribution in [0.2, 0.25) is 0 Å². The number of carbonyl (C=O) groups is 1. The second kappa shape index (κ2) is 7.44. The molecule has 0 spiro atoms. The highest BCUT2D eigenvalue weighted by Gasteiger charge is 2.30. The number of hydrogen-bond acceptors (Lipinski definition) is 3. The molecule has 122 valence electrons. The number of sulfonamides is 1. The summed E-state index contributed by atoms with van der Waals surface area (Å²) in [6, 6.07) is 6.45. The van der Waals surface area contributed by atoms with Crippen molar-refractivity contribution in [3.63, 3.8) is 0 Å². The molecule has 2 rings (SSSR count). The molecule has 0 unspecified atom stereocenters. The molecule has 1 aromatic carbocycles. The molecule has 0 aliphatic heterocycles. The lowest BCUT2D eigenvalue weighted by Crippen LogP contribution is -2.38. The van der Waals surface area contributed by atoms with Crippen molar-refractivity contribution in [3.05, 3.63) is 24.3 Å². The summed E-state index contributed by atoms with van der Waals surface area (Å²) in [6.07, 6.45) is 5.02. The van der Waals surface area contributed by atoms with Crippen LogP contribution in [0.5, 0.6) is 0 Å². The van der Waals surface area contributed by atoms with Crippen molar-refractivity contribution < 1.29 is 13.2 Å². The van der Waals surface area contributed by atoms with E-state index in [1.807, 2.05) is 0 Å². The predicted molar refractivity (Wildman–Crippen MR) is 87.6 cm³/mol. The van der Waals surface area contributed by atoms with E-state index in [2.05, 4.69) is 5.32 Å².